The number of furan rings is 1. The summed E-state index contributed by atoms with van der Waals surface area (Å²) in [4.78, 5) is 9.84. The van der Waals surface area contributed by atoms with E-state index in [0.717, 1.165) is 11.5 Å². The van der Waals surface area contributed by atoms with Gasteiger partial charge in [0.25, 0.3) is 6.41 Å². The van der Waals surface area contributed by atoms with Crippen LogP contribution in [0.25, 0.3) is 0 Å². The number of hydrazone groups is 1. The highest BCUT2D eigenvalue weighted by molar-refractivity contribution is 7.99. The second-order valence-corrected chi connectivity index (χ2v) is 5.36. The lowest BCUT2D eigenvalue weighted by molar-refractivity contribution is -0.402. The van der Waals surface area contributed by atoms with Crippen molar-refractivity contribution in [3.05, 3.63) is 28.0 Å². The molecular weight excluding hydrogens is 286 g/mol. The van der Waals surface area contributed by atoms with Crippen LogP contribution in [-0.2, 0) is 4.74 Å². The van der Waals surface area contributed by atoms with E-state index >= 15 is 0 Å². The average molecular weight is 301 g/mol. The molecule has 8 nitrogen and oxygen atoms in total. The minimum atomic E-state index is -1.10. The first kappa shape index (κ1) is 14.8. The van der Waals surface area contributed by atoms with Crippen molar-refractivity contribution in [3.8, 4) is 0 Å². The van der Waals surface area contributed by atoms with Crippen molar-refractivity contribution in [1.82, 2.24) is 5.01 Å². The van der Waals surface area contributed by atoms with Gasteiger partial charge in [0.2, 0.25) is 0 Å². The molecule has 110 valence electrons. The second kappa shape index (κ2) is 6.73. The first-order valence-corrected chi connectivity index (χ1v) is 7.21. The summed E-state index contributed by atoms with van der Waals surface area (Å²) in [5.74, 6) is 1.67. The molecule has 20 heavy (non-hydrogen) atoms. The monoisotopic (exact) mass is 301 g/mol. The molecule has 1 aliphatic heterocycles. The van der Waals surface area contributed by atoms with Crippen molar-refractivity contribution in [2.24, 2.45) is 5.10 Å². The minimum Gasteiger partial charge on any atom is -0.400 e. The van der Waals surface area contributed by atoms with E-state index in [0.29, 0.717) is 6.54 Å². The van der Waals surface area contributed by atoms with Gasteiger partial charge < -0.3 is 14.3 Å². The molecule has 0 aromatic carbocycles. The lowest BCUT2D eigenvalue weighted by Gasteiger charge is -2.12. The summed E-state index contributed by atoms with van der Waals surface area (Å²) in [5.41, 5.74) is 0. The third kappa shape index (κ3) is 3.71. The Balaban J connectivity index is 1.91. The summed E-state index contributed by atoms with van der Waals surface area (Å²) in [5, 5.41) is 25.5. The molecule has 1 fully saturated rings. The molecule has 1 N–H and O–H groups in total. The first-order valence-electron chi connectivity index (χ1n) is 6.06. The van der Waals surface area contributed by atoms with Gasteiger partial charge in [0, 0.05) is 5.75 Å². The molecule has 0 radical (unpaired) electrons. The number of aliphatic hydroxyl groups excluding tert-OH is 1. The average Bonchev–Trinajstić information content (AvgIpc) is 3.01. The number of ether oxygens (including phenoxy) is 1. The number of aliphatic hydroxyl groups is 1. The van der Waals surface area contributed by atoms with Gasteiger partial charge >= 0.3 is 5.88 Å². The van der Waals surface area contributed by atoms with E-state index in [2.05, 4.69) is 12.0 Å². The van der Waals surface area contributed by atoms with Crippen molar-refractivity contribution in [2.45, 2.75) is 19.4 Å². The van der Waals surface area contributed by atoms with Gasteiger partial charge in [0.1, 0.15) is 4.92 Å². The van der Waals surface area contributed by atoms with Crippen LogP contribution in [0, 0.1) is 10.1 Å². The third-order valence-corrected chi connectivity index (χ3v) is 3.61. The first-order chi connectivity index (χ1) is 9.60. The van der Waals surface area contributed by atoms with Gasteiger partial charge in [0.15, 0.2) is 5.76 Å². The lowest BCUT2D eigenvalue weighted by Crippen LogP contribution is -2.24. The van der Waals surface area contributed by atoms with Gasteiger partial charge in [-0.25, -0.2) is 5.01 Å². The van der Waals surface area contributed by atoms with Crippen LogP contribution >= 0.6 is 11.8 Å². The third-order valence-electron chi connectivity index (χ3n) is 2.59. The smallest absolute Gasteiger partial charge is 0.400 e. The van der Waals surface area contributed by atoms with Gasteiger partial charge in [-0.05, 0) is 11.8 Å². The maximum atomic E-state index is 10.5. The molecule has 0 spiro atoms. The van der Waals surface area contributed by atoms with Crippen molar-refractivity contribution in [1.29, 1.82) is 0 Å². The molecule has 1 saturated heterocycles. The van der Waals surface area contributed by atoms with E-state index < -0.39 is 11.3 Å². The van der Waals surface area contributed by atoms with Gasteiger partial charge in [-0.3, -0.25) is 10.1 Å². The molecule has 0 amide bonds. The summed E-state index contributed by atoms with van der Waals surface area (Å²) in [6.07, 6.45) is 0.131. The van der Waals surface area contributed by atoms with Crippen molar-refractivity contribution >= 4 is 23.9 Å². The number of hydrogen-bond donors (Lipinski definition) is 1. The molecule has 2 atom stereocenters. The zero-order chi connectivity index (χ0) is 14.5. The van der Waals surface area contributed by atoms with Gasteiger partial charge in [-0.1, -0.05) is 6.92 Å². The molecular formula is C11H15N3O5S. The van der Waals surface area contributed by atoms with Crippen LogP contribution in [0.2, 0.25) is 0 Å². The van der Waals surface area contributed by atoms with Gasteiger partial charge in [-0.2, -0.15) is 16.9 Å². The fourth-order valence-corrected chi connectivity index (χ4v) is 2.35. The molecule has 1 aromatic rings. The highest BCUT2D eigenvalue weighted by Crippen LogP contribution is 2.19. The molecule has 0 aliphatic carbocycles. The quantitative estimate of drug-likeness (QED) is 0.479. The zero-order valence-corrected chi connectivity index (χ0v) is 11.7. The molecule has 0 saturated carbocycles. The largest absolute Gasteiger partial charge is 0.433 e. The normalized spacial score (nSPS) is 22.8. The van der Waals surface area contributed by atoms with Crippen molar-refractivity contribution in [3.63, 3.8) is 0 Å². The molecule has 9 heteroatoms. The van der Waals surface area contributed by atoms with Crippen LogP contribution in [0.3, 0.4) is 0 Å². The van der Waals surface area contributed by atoms with Crippen molar-refractivity contribution in [2.75, 3.05) is 18.1 Å². The summed E-state index contributed by atoms with van der Waals surface area (Å²) in [6, 6.07) is 2.69. The Bertz CT molecular complexity index is 492. The van der Waals surface area contributed by atoms with E-state index in [1.165, 1.54) is 23.4 Å². The van der Waals surface area contributed by atoms with E-state index in [1.54, 1.807) is 11.8 Å². The Morgan fingerprint density at radius 2 is 2.50 bits per heavy atom. The number of thioether (sulfide) groups is 1. The maximum Gasteiger partial charge on any atom is 0.433 e. The van der Waals surface area contributed by atoms with Crippen LogP contribution in [-0.4, -0.2) is 51.8 Å². The highest BCUT2D eigenvalue weighted by Gasteiger charge is 2.30. The summed E-state index contributed by atoms with van der Waals surface area (Å²) in [7, 11) is 0. The Morgan fingerprint density at radius 1 is 1.70 bits per heavy atom. The van der Waals surface area contributed by atoms with Gasteiger partial charge in [-0.15, -0.1) is 0 Å². The number of nitro groups is 1. The Labute approximate surface area is 119 Å². The summed E-state index contributed by atoms with van der Waals surface area (Å²) in [6.45, 7) is 2.52. The second-order valence-electron chi connectivity index (χ2n) is 4.04. The lowest BCUT2D eigenvalue weighted by atomic mass is 10.4. The van der Waals surface area contributed by atoms with E-state index in [1.807, 2.05) is 0 Å². The Hall–Kier alpha value is -1.58. The van der Waals surface area contributed by atoms with E-state index in [9.17, 15) is 15.2 Å². The standard InChI is InChI=1S/C11H15N3O5S/c1-2-20-7-9-6-13(11(15)19-9)12-5-8-3-4-10(18-8)14(16)17/h3-5,9,11,15H,2,6-7H2,1H3/b12-5-/t9-,11+/m0/s1. The van der Waals surface area contributed by atoms with Crippen LogP contribution in [0.15, 0.2) is 21.7 Å². The molecule has 0 unspecified atom stereocenters. The van der Waals surface area contributed by atoms with Gasteiger partial charge in [0.05, 0.1) is 24.9 Å². The fraction of sp³-hybridized carbons (Fsp3) is 0.545. The Kier molecular flexibility index (Phi) is 4.99. The molecule has 2 rings (SSSR count). The topological polar surface area (TPSA) is 101 Å². The predicted octanol–water partition coefficient (Wildman–Crippen LogP) is 1.25. The van der Waals surface area contributed by atoms with E-state index in [4.69, 9.17) is 9.15 Å². The summed E-state index contributed by atoms with van der Waals surface area (Å²) >= 11 is 1.72. The Morgan fingerprint density at radius 3 is 3.15 bits per heavy atom. The predicted molar refractivity (Wildman–Crippen MR) is 73.5 cm³/mol. The van der Waals surface area contributed by atoms with Crippen LogP contribution in [0.5, 0.6) is 0 Å². The number of rotatable bonds is 6. The SMILES string of the molecule is CCSC[C@@H]1CN(/N=C\c2ccc([N+](=O)[O-])o2)[C@H](O)O1. The molecule has 1 aliphatic rings. The highest BCUT2D eigenvalue weighted by atomic mass is 32.2. The fourth-order valence-electron chi connectivity index (χ4n) is 1.67. The molecule has 2 heterocycles. The van der Waals surface area contributed by atoms with E-state index in [-0.39, 0.29) is 17.7 Å². The number of nitrogens with zero attached hydrogens (tertiary/aromatic N) is 3. The molecule has 1 aromatic heterocycles. The minimum absolute atomic E-state index is 0.0852. The van der Waals surface area contributed by atoms with Crippen LogP contribution in [0.1, 0.15) is 12.7 Å². The summed E-state index contributed by atoms with van der Waals surface area (Å²) < 4.78 is 10.2. The maximum absolute atomic E-state index is 10.5. The van der Waals surface area contributed by atoms with Crippen molar-refractivity contribution < 1.29 is 19.2 Å². The van der Waals surface area contributed by atoms with Crippen LogP contribution < -0.4 is 0 Å². The number of hydrogen-bond acceptors (Lipinski definition) is 8. The molecule has 0 bridgehead atoms. The van der Waals surface area contributed by atoms with Crippen LogP contribution in [0.4, 0.5) is 5.88 Å². The zero-order valence-electron chi connectivity index (χ0n) is 10.8.